The van der Waals surface area contributed by atoms with Gasteiger partial charge in [0.05, 0.1) is 19.1 Å². The number of hydrogen-bond donors (Lipinski definition) is 1. The molecule has 2 aromatic rings. The van der Waals surface area contributed by atoms with Gasteiger partial charge in [0.15, 0.2) is 0 Å². The molecule has 3 rings (SSSR count). The smallest absolute Gasteiger partial charge is 0.254 e. The van der Waals surface area contributed by atoms with Crippen molar-refractivity contribution in [3.05, 3.63) is 47.0 Å². The molecular weight excluding hydrogens is 330 g/mol. The van der Waals surface area contributed by atoms with Crippen LogP contribution in [0.5, 0.6) is 5.75 Å². The van der Waals surface area contributed by atoms with Crippen LogP contribution in [0.15, 0.2) is 41.5 Å². The standard InChI is InChI=1S/C20H25N3O3/c1-14-5-3-4-6-17(14)22-19(24)12-23-13-21-18(11-20(23)25)15-7-9-16(26-2)10-8-15/h7-11,13-14,17H,3-6,12H2,1-2H3,(H,22,24). The summed E-state index contributed by atoms with van der Waals surface area (Å²) in [5.74, 6) is 1.10. The fourth-order valence-electron chi connectivity index (χ4n) is 3.40. The molecule has 2 atom stereocenters. The van der Waals surface area contributed by atoms with Gasteiger partial charge in [0.1, 0.15) is 12.3 Å². The number of nitrogens with one attached hydrogen (secondary N) is 1. The zero-order chi connectivity index (χ0) is 18.5. The molecule has 0 spiro atoms. The van der Waals surface area contributed by atoms with E-state index in [2.05, 4.69) is 17.2 Å². The third-order valence-corrected chi connectivity index (χ3v) is 5.04. The number of amides is 1. The number of ether oxygens (including phenoxy) is 1. The highest BCUT2D eigenvalue weighted by molar-refractivity contribution is 5.76. The molecule has 1 amide bonds. The minimum atomic E-state index is -0.238. The quantitative estimate of drug-likeness (QED) is 0.895. The number of rotatable bonds is 5. The van der Waals surface area contributed by atoms with Crippen molar-refractivity contribution in [1.29, 1.82) is 0 Å². The summed E-state index contributed by atoms with van der Waals surface area (Å²) in [5, 5.41) is 3.06. The molecule has 0 bridgehead atoms. The van der Waals surface area contributed by atoms with Gasteiger partial charge in [0, 0.05) is 17.7 Å². The van der Waals surface area contributed by atoms with Crippen LogP contribution >= 0.6 is 0 Å². The molecule has 1 fully saturated rings. The molecule has 1 aromatic heterocycles. The first-order valence-electron chi connectivity index (χ1n) is 9.07. The summed E-state index contributed by atoms with van der Waals surface area (Å²) in [6.45, 7) is 2.17. The predicted molar refractivity (Wildman–Crippen MR) is 100 cm³/mol. The lowest BCUT2D eigenvalue weighted by Gasteiger charge is -2.29. The monoisotopic (exact) mass is 355 g/mol. The van der Waals surface area contributed by atoms with Gasteiger partial charge in [-0.05, 0) is 43.0 Å². The number of carbonyl (C=O) groups is 1. The largest absolute Gasteiger partial charge is 0.497 e. The van der Waals surface area contributed by atoms with Gasteiger partial charge in [0.25, 0.3) is 5.56 Å². The number of aromatic nitrogens is 2. The Kier molecular flexibility index (Phi) is 5.71. The molecule has 26 heavy (non-hydrogen) atoms. The van der Waals surface area contributed by atoms with E-state index in [1.165, 1.54) is 23.4 Å². The van der Waals surface area contributed by atoms with Crippen LogP contribution in [0.25, 0.3) is 11.3 Å². The summed E-state index contributed by atoms with van der Waals surface area (Å²) in [7, 11) is 1.60. The Hall–Kier alpha value is -2.63. The molecule has 1 aliphatic carbocycles. The maximum atomic E-state index is 12.3. The Morgan fingerprint density at radius 1 is 1.27 bits per heavy atom. The van der Waals surface area contributed by atoms with E-state index >= 15 is 0 Å². The molecule has 0 aliphatic heterocycles. The molecule has 0 saturated heterocycles. The Balaban J connectivity index is 1.67. The van der Waals surface area contributed by atoms with Crippen LogP contribution in [0.2, 0.25) is 0 Å². The van der Waals surface area contributed by atoms with Crippen LogP contribution < -0.4 is 15.6 Å². The highest BCUT2D eigenvalue weighted by Gasteiger charge is 2.22. The average Bonchev–Trinajstić information content (AvgIpc) is 2.65. The first-order valence-corrected chi connectivity index (χ1v) is 9.07. The van der Waals surface area contributed by atoms with Crippen molar-refractivity contribution < 1.29 is 9.53 Å². The number of hydrogen-bond acceptors (Lipinski definition) is 4. The lowest BCUT2D eigenvalue weighted by molar-refractivity contribution is -0.123. The van der Waals surface area contributed by atoms with E-state index in [0.29, 0.717) is 11.6 Å². The molecule has 0 radical (unpaired) electrons. The van der Waals surface area contributed by atoms with E-state index in [4.69, 9.17) is 4.74 Å². The SMILES string of the molecule is COc1ccc(-c2cc(=O)n(CC(=O)NC3CCCCC3C)cn2)cc1. The summed E-state index contributed by atoms with van der Waals surface area (Å²) in [6.07, 6.45) is 5.96. The van der Waals surface area contributed by atoms with Crippen molar-refractivity contribution in [3.63, 3.8) is 0 Å². The van der Waals surface area contributed by atoms with E-state index in [-0.39, 0.29) is 24.1 Å². The number of carbonyl (C=O) groups excluding carboxylic acids is 1. The van der Waals surface area contributed by atoms with Crippen LogP contribution in [0.3, 0.4) is 0 Å². The van der Waals surface area contributed by atoms with Gasteiger partial charge in [-0.2, -0.15) is 0 Å². The molecule has 6 nitrogen and oxygen atoms in total. The van der Waals surface area contributed by atoms with Crippen molar-refractivity contribution in [1.82, 2.24) is 14.9 Å². The van der Waals surface area contributed by atoms with Gasteiger partial charge >= 0.3 is 0 Å². The van der Waals surface area contributed by atoms with Gasteiger partial charge in [-0.15, -0.1) is 0 Å². The first kappa shape index (κ1) is 18.2. The third kappa shape index (κ3) is 4.31. The summed E-state index contributed by atoms with van der Waals surface area (Å²) in [4.78, 5) is 29.0. The maximum absolute atomic E-state index is 12.3. The second-order valence-corrected chi connectivity index (χ2v) is 6.90. The Morgan fingerprint density at radius 3 is 2.65 bits per heavy atom. The molecule has 138 valence electrons. The number of nitrogens with zero attached hydrogens (tertiary/aromatic N) is 2. The van der Waals surface area contributed by atoms with Crippen molar-refractivity contribution in [2.75, 3.05) is 7.11 Å². The molecule has 6 heteroatoms. The van der Waals surface area contributed by atoms with E-state index in [9.17, 15) is 9.59 Å². The van der Waals surface area contributed by atoms with Crippen molar-refractivity contribution >= 4 is 5.91 Å². The first-order chi connectivity index (χ1) is 12.6. The van der Waals surface area contributed by atoms with E-state index in [0.717, 1.165) is 30.6 Å². The molecule has 1 heterocycles. The molecule has 1 saturated carbocycles. The summed E-state index contributed by atoms with van der Waals surface area (Å²) in [6, 6.07) is 9.00. The number of methoxy groups -OCH3 is 1. The topological polar surface area (TPSA) is 73.2 Å². The molecule has 1 aliphatic rings. The molecular formula is C20H25N3O3. The lowest BCUT2D eigenvalue weighted by atomic mass is 9.86. The lowest BCUT2D eigenvalue weighted by Crippen LogP contribution is -2.43. The normalized spacial score (nSPS) is 19.8. The van der Waals surface area contributed by atoms with Crippen LogP contribution in [0.1, 0.15) is 32.6 Å². The minimum Gasteiger partial charge on any atom is -0.497 e. The van der Waals surface area contributed by atoms with Crippen LogP contribution in [-0.4, -0.2) is 28.6 Å². The van der Waals surface area contributed by atoms with E-state index < -0.39 is 0 Å². The highest BCUT2D eigenvalue weighted by atomic mass is 16.5. The molecule has 1 N–H and O–H groups in total. The van der Waals surface area contributed by atoms with E-state index in [1.807, 2.05) is 24.3 Å². The van der Waals surface area contributed by atoms with E-state index in [1.54, 1.807) is 7.11 Å². The molecule has 2 unspecified atom stereocenters. The molecule has 1 aromatic carbocycles. The number of benzene rings is 1. The summed E-state index contributed by atoms with van der Waals surface area (Å²) >= 11 is 0. The summed E-state index contributed by atoms with van der Waals surface area (Å²) in [5.41, 5.74) is 1.17. The van der Waals surface area contributed by atoms with Gasteiger partial charge in [-0.1, -0.05) is 19.8 Å². The zero-order valence-corrected chi connectivity index (χ0v) is 15.3. The third-order valence-electron chi connectivity index (χ3n) is 5.04. The van der Waals surface area contributed by atoms with Crippen LogP contribution in [0.4, 0.5) is 0 Å². The minimum absolute atomic E-state index is 0.00204. The Morgan fingerprint density at radius 2 is 2.00 bits per heavy atom. The van der Waals surface area contributed by atoms with Gasteiger partial charge in [0.2, 0.25) is 5.91 Å². The Bertz CT molecular complexity index is 814. The summed E-state index contributed by atoms with van der Waals surface area (Å²) < 4.78 is 6.47. The highest BCUT2D eigenvalue weighted by Crippen LogP contribution is 2.23. The maximum Gasteiger partial charge on any atom is 0.254 e. The van der Waals surface area contributed by atoms with Crippen molar-refractivity contribution in [2.24, 2.45) is 5.92 Å². The fourth-order valence-corrected chi connectivity index (χ4v) is 3.40. The van der Waals surface area contributed by atoms with Gasteiger partial charge < -0.3 is 10.1 Å². The van der Waals surface area contributed by atoms with Gasteiger partial charge in [-0.3, -0.25) is 14.2 Å². The Labute approximate surface area is 153 Å². The van der Waals surface area contributed by atoms with Crippen molar-refractivity contribution in [3.8, 4) is 17.0 Å². The van der Waals surface area contributed by atoms with Crippen LogP contribution in [0, 0.1) is 5.92 Å². The second-order valence-electron chi connectivity index (χ2n) is 6.90. The predicted octanol–water partition coefficient (Wildman–Crippen LogP) is 2.61. The zero-order valence-electron chi connectivity index (χ0n) is 15.3. The second kappa shape index (κ2) is 8.17. The average molecular weight is 355 g/mol. The van der Waals surface area contributed by atoms with Gasteiger partial charge in [-0.25, -0.2) is 4.98 Å². The van der Waals surface area contributed by atoms with Crippen molar-refractivity contribution in [2.45, 2.75) is 45.2 Å². The van der Waals surface area contributed by atoms with Crippen LogP contribution in [-0.2, 0) is 11.3 Å². The fraction of sp³-hybridized carbons (Fsp3) is 0.450.